The quantitative estimate of drug-likeness (QED) is 0.823. The first-order valence-electron chi connectivity index (χ1n) is 8.29. The van der Waals surface area contributed by atoms with Crippen molar-refractivity contribution >= 4 is 23.6 Å². The number of thioether (sulfide) groups is 1. The monoisotopic (exact) mass is 358 g/mol. The van der Waals surface area contributed by atoms with E-state index in [9.17, 15) is 9.59 Å². The highest BCUT2D eigenvalue weighted by atomic mass is 32.2. The van der Waals surface area contributed by atoms with Crippen molar-refractivity contribution in [3.63, 3.8) is 0 Å². The lowest BCUT2D eigenvalue weighted by molar-refractivity contribution is -0.129. The Morgan fingerprint density at radius 2 is 2.04 bits per heavy atom. The van der Waals surface area contributed by atoms with E-state index in [0.29, 0.717) is 18.8 Å². The predicted molar refractivity (Wildman–Crippen MR) is 98.4 cm³/mol. The summed E-state index contributed by atoms with van der Waals surface area (Å²) in [6, 6.07) is 11.5. The van der Waals surface area contributed by atoms with Crippen LogP contribution in [0.5, 0.6) is 0 Å². The van der Waals surface area contributed by atoms with E-state index < -0.39 is 0 Å². The van der Waals surface area contributed by atoms with Gasteiger partial charge in [0, 0.05) is 20.1 Å². The highest BCUT2D eigenvalue weighted by Crippen LogP contribution is 2.43. The highest BCUT2D eigenvalue weighted by Gasteiger charge is 2.38. The van der Waals surface area contributed by atoms with Crippen LogP contribution in [0.25, 0.3) is 0 Å². The van der Waals surface area contributed by atoms with Gasteiger partial charge in [0.15, 0.2) is 5.76 Å². The summed E-state index contributed by atoms with van der Waals surface area (Å²) < 4.78 is 5.16. The Hall–Kier alpha value is -2.21. The molecule has 0 spiro atoms. The van der Waals surface area contributed by atoms with E-state index in [1.165, 1.54) is 11.8 Å². The summed E-state index contributed by atoms with van der Waals surface area (Å²) in [7, 11) is 1.73. The third-order valence-electron chi connectivity index (χ3n) is 4.46. The number of amides is 2. The smallest absolute Gasteiger partial charge is 0.289 e. The molecule has 5 nitrogen and oxygen atoms in total. The standard InChI is InChI=1S/C19H22N2O3S/c1-13-7-4-5-8-15(13)19-21(17(22)14(2)25-19)11-10-20(3)18(23)16-9-6-12-24-16/h4-9,12,14,19H,10-11H2,1-3H3/t14-,19+/m1/s1. The molecule has 0 N–H and O–H groups in total. The van der Waals surface area contributed by atoms with Crippen LogP contribution in [0.4, 0.5) is 0 Å². The van der Waals surface area contributed by atoms with Gasteiger partial charge in [-0.1, -0.05) is 24.3 Å². The van der Waals surface area contributed by atoms with Crippen LogP contribution in [0.15, 0.2) is 47.1 Å². The molecular formula is C19H22N2O3S. The van der Waals surface area contributed by atoms with Crippen molar-refractivity contribution in [3.05, 3.63) is 59.5 Å². The molecule has 2 heterocycles. The molecule has 2 atom stereocenters. The van der Waals surface area contributed by atoms with Crippen molar-refractivity contribution in [1.82, 2.24) is 9.80 Å². The molecule has 1 aromatic carbocycles. The molecular weight excluding hydrogens is 336 g/mol. The predicted octanol–water partition coefficient (Wildman–Crippen LogP) is 3.32. The Balaban J connectivity index is 1.72. The van der Waals surface area contributed by atoms with Crippen LogP contribution in [0.3, 0.4) is 0 Å². The molecule has 6 heteroatoms. The third kappa shape index (κ3) is 3.58. The van der Waals surface area contributed by atoms with Gasteiger partial charge in [-0.25, -0.2) is 0 Å². The number of benzene rings is 1. The number of carbonyl (C=O) groups excluding carboxylic acids is 2. The topological polar surface area (TPSA) is 53.8 Å². The molecule has 3 rings (SSSR count). The van der Waals surface area contributed by atoms with Crippen LogP contribution < -0.4 is 0 Å². The molecule has 1 aromatic heterocycles. The Labute approximate surface area is 152 Å². The second kappa shape index (κ2) is 7.35. The Morgan fingerprint density at radius 1 is 1.28 bits per heavy atom. The number of rotatable bonds is 5. The van der Waals surface area contributed by atoms with E-state index in [0.717, 1.165) is 5.56 Å². The maximum atomic E-state index is 12.6. The zero-order chi connectivity index (χ0) is 18.0. The molecule has 0 bridgehead atoms. The lowest BCUT2D eigenvalue weighted by Crippen LogP contribution is -2.39. The first kappa shape index (κ1) is 17.6. The number of furan rings is 1. The van der Waals surface area contributed by atoms with Gasteiger partial charge < -0.3 is 14.2 Å². The van der Waals surface area contributed by atoms with Crippen LogP contribution in [-0.2, 0) is 4.79 Å². The van der Waals surface area contributed by atoms with Crippen LogP contribution in [0.1, 0.15) is 34.0 Å². The molecule has 0 aliphatic carbocycles. The minimum absolute atomic E-state index is 0.00388. The van der Waals surface area contributed by atoms with Gasteiger partial charge in [-0.05, 0) is 37.1 Å². The van der Waals surface area contributed by atoms with Gasteiger partial charge in [0.25, 0.3) is 5.91 Å². The van der Waals surface area contributed by atoms with Gasteiger partial charge in [-0.15, -0.1) is 11.8 Å². The van der Waals surface area contributed by atoms with E-state index >= 15 is 0 Å². The van der Waals surface area contributed by atoms with E-state index in [1.807, 2.05) is 24.0 Å². The normalized spacial score (nSPS) is 20.1. The average molecular weight is 358 g/mol. The number of hydrogen-bond donors (Lipinski definition) is 0. The van der Waals surface area contributed by atoms with Crippen molar-refractivity contribution in [3.8, 4) is 0 Å². The summed E-state index contributed by atoms with van der Waals surface area (Å²) in [5.41, 5.74) is 2.33. The Bertz CT molecular complexity index is 760. The Morgan fingerprint density at radius 3 is 2.72 bits per heavy atom. The van der Waals surface area contributed by atoms with Crippen molar-refractivity contribution in [2.75, 3.05) is 20.1 Å². The van der Waals surface area contributed by atoms with E-state index in [4.69, 9.17) is 4.42 Å². The summed E-state index contributed by atoms with van der Waals surface area (Å²) >= 11 is 1.66. The summed E-state index contributed by atoms with van der Waals surface area (Å²) in [5, 5.41) is -0.0773. The second-order valence-electron chi connectivity index (χ2n) is 6.22. The van der Waals surface area contributed by atoms with Gasteiger partial charge >= 0.3 is 0 Å². The number of nitrogens with zero attached hydrogens (tertiary/aromatic N) is 2. The van der Waals surface area contributed by atoms with Crippen LogP contribution in [-0.4, -0.2) is 47.0 Å². The van der Waals surface area contributed by atoms with E-state index in [-0.39, 0.29) is 22.4 Å². The van der Waals surface area contributed by atoms with Crippen LogP contribution >= 0.6 is 11.8 Å². The van der Waals surface area contributed by atoms with Gasteiger partial charge in [-0.2, -0.15) is 0 Å². The fourth-order valence-electron chi connectivity index (χ4n) is 2.95. The molecule has 0 radical (unpaired) electrons. The van der Waals surface area contributed by atoms with Crippen molar-refractivity contribution in [1.29, 1.82) is 0 Å². The first-order valence-corrected chi connectivity index (χ1v) is 9.23. The summed E-state index contributed by atoms with van der Waals surface area (Å²) in [5.74, 6) is 0.260. The lowest BCUT2D eigenvalue weighted by Gasteiger charge is -2.27. The molecule has 0 unspecified atom stereocenters. The maximum absolute atomic E-state index is 12.6. The number of likely N-dealkylation sites (N-methyl/N-ethyl adjacent to an activating group) is 1. The van der Waals surface area contributed by atoms with Crippen LogP contribution in [0.2, 0.25) is 0 Å². The molecule has 2 aromatic rings. The molecule has 1 saturated heterocycles. The summed E-state index contributed by atoms with van der Waals surface area (Å²) in [4.78, 5) is 28.4. The number of carbonyl (C=O) groups is 2. The third-order valence-corrected chi connectivity index (χ3v) is 5.83. The average Bonchev–Trinajstić information content (AvgIpc) is 3.22. The van der Waals surface area contributed by atoms with Gasteiger partial charge in [-0.3, -0.25) is 9.59 Å². The fraction of sp³-hybridized carbons (Fsp3) is 0.368. The summed E-state index contributed by atoms with van der Waals surface area (Å²) in [6.07, 6.45) is 1.48. The Kier molecular flexibility index (Phi) is 5.18. The van der Waals surface area contributed by atoms with Crippen molar-refractivity contribution in [2.24, 2.45) is 0 Å². The highest BCUT2D eigenvalue weighted by molar-refractivity contribution is 8.01. The minimum Gasteiger partial charge on any atom is -0.459 e. The van der Waals surface area contributed by atoms with Gasteiger partial charge in [0.1, 0.15) is 5.37 Å². The van der Waals surface area contributed by atoms with Crippen molar-refractivity contribution in [2.45, 2.75) is 24.5 Å². The lowest BCUT2D eigenvalue weighted by atomic mass is 10.1. The maximum Gasteiger partial charge on any atom is 0.289 e. The second-order valence-corrected chi connectivity index (χ2v) is 7.65. The zero-order valence-electron chi connectivity index (χ0n) is 14.6. The molecule has 1 aliphatic heterocycles. The van der Waals surface area contributed by atoms with Crippen molar-refractivity contribution < 1.29 is 14.0 Å². The van der Waals surface area contributed by atoms with E-state index in [2.05, 4.69) is 19.1 Å². The molecule has 25 heavy (non-hydrogen) atoms. The molecule has 2 amide bonds. The first-order chi connectivity index (χ1) is 12.0. The SMILES string of the molecule is Cc1ccccc1[C@@H]1S[C@H](C)C(=O)N1CCN(C)C(=O)c1ccco1. The fourth-order valence-corrected chi connectivity index (χ4v) is 4.36. The molecule has 132 valence electrons. The zero-order valence-corrected chi connectivity index (χ0v) is 15.5. The molecule has 0 saturated carbocycles. The summed E-state index contributed by atoms with van der Waals surface area (Å²) in [6.45, 7) is 4.96. The largest absolute Gasteiger partial charge is 0.459 e. The van der Waals surface area contributed by atoms with Gasteiger partial charge in [0.2, 0.25) is 5.91 Å². The molecule has 1 fully saturated rings. The number of hydrogen-bond acceptors (Lipinski definition) is 4. The minimum atomic E-state index is -0.176. The van der Waals surface area contributed by atoms with Gasteiger partial charge in [0.05, 0.1) is 11.5 Å². The van der Waals surface area contributed by atoms with E-state index in [1.54, 1.807) is 35.8 Å². The van der Waals surface area contributed by atoms with Crippen LogP contribution in [0, 0.1) is 6.92 Å². The number of aryl methyl sites for hydroxylation is 1. The molecule has 1 aliphatic rings.